The van der Waals surface area contributed by atoms with E-state index >= 15 is 0 Å². The number of aryl methyl sites for hydroxylation is 1. The number of ether oxygens (including phenoxy) is 1. The molecule has 0 spiro atoms. The molecule has 2 heterocycles. The van der Waals surface area contributed by atoms with Crippen LogP contribution in [-0.2, 0) is 0 Å². The van der Waals surface area contributed by atoms with Crippen LogP contribution in [0.1, 0.15) is 18.9 Å². The van der Waals surface area contributed by atoms with E-state index in [0.29, 0.717) is 12.5 Å². The number of nitrogens with one attached hydrogen (secondary N) is 1. The van der Waals surface area contributed by atoms with Gasteiger partial charge in [-0.15, -0.1) is 11.3 Å². The van der Waals surface area contributed by atoms with Crippen LogP contribution in [0.15, 0.2) is 11.7 Å². The second kappa shape index (κ2) is 5.93. The topological polar surface area (TPSA) is 47.0 Å². The van der Waals surface area contributed by atoms with Gasteiger partial charge in [0.25, 0.3) is 0 Å². The van der Waals surface area contributed by atoms with Crippen LogP contribution >= 0.6 is 11.3 Å². The summed E-state index contributed by atoms with van der Waals surface area (Å²) in [5.41, 5.74) is 2.18. The summed E-state index contributed by atoms with van der Waals surface area (Å²) in [6, 6.07) is 0. The van der Waals surface area contributed by atoms with E-state index < -0.39 is 0 Å². The smallest absolute Gasteiger partial charge is 0.234 e. The maximum atomic E-state index is 5.68. The lowest BCUT2D eigenvalue weighted by atomic mass is 10.3. The van der Waals surface area contributed by atoms with Crippen LogP contribution in [0.3, 0.4) is 0 Å². The second-order valence-corrected chi connectivity index (χ2v) is 4.75. The van der Waals surface area contributed by atoms with Crippen LogP contribution in [-0.4, -0.2) is 29.7 Å². The summed E-state index contributed by atoms with van der Waals surface area (Å²) in [5.74, 6) is 0.700. The number of hydrogen-bond acceptors (Lipinski definition) is 5. The van der Waals surface area contributed by atoms with Crippen LogP contribution in [0.4, 0.5) is 0 Å². The van der Waals surface area contributed by atoms with Gasteiger partial charge in [0.05, 0.1) is 5.52 Å². The molecule has 0 radical (unpaired) electrons. The van der Waals surface area contributed by atoms with Crippen molar-refractivity contribution in [1.82, 2.24) is 15.3 Å². The standard InChI is InChI=1S/C12H17N3OS/c1-3-4-13-5-6-16-12-11-10(14-8-15-12)9(2)7-17-11/h7-8,13H,3-6H2,1-2H3. The minimum atomic E-state index is 0.642. The largest absolute Gasteiger partial charge is 0.475 e. The molecular weight excluding hydrogens is 234 g/mol. The maximum absolute atomic E-state index is 5.68. The van der Waals surface area contributed by atoms with Crippen molar-refractivity contribution in [3.8, 4) is 5.88 Å². The van der Waals surface area contributed by atoms with Gasteiger partial charge in [0.15, 0.2) is 0 Å². The van der Waals surface area contributed by atoms with Crippen LogP contribution in [0.25, 0.3) is 10.2 Å². The third-order valence-corrected chi connectivity index (χ3v) is 3.52. The SMILES string of the molecule is CCCNCCOc1ncnc2c(C)csc12. The minimum Gasteiger partial charge on any atom is -0.475 e. The van der Waals surface area contributed by atoms with Gasteiger partial charge in [-0.05, 0) is 30.8 Å². The van der Waals surface area contributed by atoms with Crippen molar-refractivity contribution in [2.45, 2.75) is 20.3 Å². The van der Waals surface area contributed by atoms with Crippen molar-refractivity contribution >= 4 is 21.6 Å². The van der Waals surface area contributed by atoms with E-state index in [1.54, 1.807) is 17.7 Å². The Morgan fingerprint density at radius 3 is 3.06 bits per heavy atom. The van der Waals surface area contributed by atoms with Gasteiger partial charge >= 0.3 is 0 Å². The van der Waals surface area contributed by atoms with Crippen molar-refractivity contribution < 1.29 is 4.74 Å². The van der Waals surface area contributed by atoms with Gasteiger partial charge in [-0.3, -0.25) is 0 Å². The Balaban J connectivity index is 1.99. The zero-order valence-corrected chi connectivity index (χ0v) is 11.0. The third-order valence-electron chi connectivity index (χ3n) is 2.44. The molecule has 92 valence electrons. The van der Waals surface area contributed by atoms with Crippen LogP contribution in [0, 0.1) is 6.92 Å². The molecule has 0 saturated carbocycles. The average molecular weight is 251 g/mol. The Labute approximate surface area is 105 Å². The normalized spacial score (nSPS) is 10.9. The molecule has 0 atom stereocenters. The first kappa shape index (κ1) is 12.3. The van der Waals surface area contributed by atoms with E-state index in [0.717, 1.165) is 29.7 Å². The predicted molar refractivity (Wildman–Crippen MR) is 70.8 cm³/mol. The summed E-state index contributed by atoms with van der Waals surface area (Å²) in [6.45, 7) is 6.72. The lowest BCUT2D eigenvalue weighted by Gasteiger charge is -2.06. The highest BCUT2D eigenvalue weighted by atomic mass is 32.1. The summed E-state index contributed by atoms with van der Waals surface area (Å²) in [4.78, 5) is 8.45. The van der Waals surface area contributed by atoms with Crippen LogP contribution in [0.5, 0.6) is 5.88 Å². The minimum absolute atomic E-state index is 0.642. The molecule has 0 unspecified atom stereocenters. The molecule has 2 aromatic heterocycles. The summed E-state index contributed by atoms with van der Waals surface area (Å²) in [5, 5.41) is 5.38. The first-order valence-corrected chi connectivity index (χ1v) is 6.73. The molecule has 0 bridgehead atoms. The Bertz CT molecular complexity index is 484. The molecular formula is C12H17N3OS. The molecule has 17 heavy (non-hydrogen) atoms. The monoisotopic (exact) mass is 251 g/mol. The highest BCUT2D eigenvalue weighted by Crippen LogP contribution is 2.29. The molecule has 0 aliphatic rings. The lowest BCUT2D eigenvalue weighted by molar-refractivity contribution is 0.306. The van der Waals surface area contributed by atoms with E-state index in [1.165, 1.54) is 5.56 Å². The predicted octanol–water partition coefficient (Wildman–Crippen LogP) is 2.38. The molecule has 0 amide bonds. The first-order chi connectivity index (χ1) is 8.33. The molecule has 0 aromatic carbocycles. The fourth-order valence-corrected chi connectivity index (χ4v) is 2.52. The van der Waals surface area contributed by atoms with Gasteiger partial charge in [-0.1, -0.05) is 6.92 Å². The fraction of sp³-hybridized carbons (Fsp3) is 0.500. The Morgan fingerprint density at radius 1 is 1.35 bits per heavy atom. The molecule has 4 nitrogen and oxygen atoms in total. The molecule has 2 aromatic rings. The zero-order chi connectivity index (χ0) is 12.1. The van der Waals surface area contributed by atoms with Gasteiger partial charge in [-0.2, -0.15) is 0 Å². The van der Waals surface area contributed by atoms with E-state index in [4.69, 9.17) is 4.74 Å². The fourth-order valence-electron chi connectivity index (χ4n) is 1.57. The van der Waals surface area contributed by atoms with Gasteiger partial charge in [0.2, 0.25) is 5.88 Å². The molecule has 0 aliphatic carbocycles. The molecule has 0 saturated heterocycles. The maximum Gasteiger partial charge on any atom is 0.234 e. The van der Waals surface area contributed by atoms with E-state index in [2.05, 4.69) is 34.5 Å². The highest BCUT2D eigenvalue weighted by molar-refractivity contribution is 7.17. The number of aromatic nitrogens is 2. The Morgan fingerprint density at radius 2 is 2.24 bits per heavy atom. The molecule has 2 rings (SSSR count). The number of thiophene rings is 1. The van der Waals surface area contributed by atoms with Gasteiger partial charge < -0.3 is 10.1 Å². The summed E-state index contributed by atoms with van der Waals surface area (Å²) >= 11 is 1.64. The number of rotatable bonds is 6. The summed E-state index contributed by atoms with van der Waals surface area (Å²) < 4.78 is 6.72. The Hall–Kier alpha value is -1.20. The van der Waals surface area contributed by atoms with E-state index in [9.17, 15) is 0 Å². The van der Waals surface area contributed by atoms with Crippen molar-refractivity contribution in [2.75, 3.05) is 19.7 Å². The number of fused-ring (bicyclic) bond motifs is 1. The van der Waals surface area contributed by atoms with E-state index in [-0.39, 0.29) is 0 Å². The quantitative estimate of drug-likeness (QED) is 0.801. The van der Waals surface area contributed by atoms with Crippen LogP contribution < -0.4 is 10.1 Å². The van der Waals surface area contributed by atoms with Gasteiger partial charge in [0.1, 0.15) is 17.6 Å². The zero-order valence-electron chi connectivity index (χ0n) is 10.2. The molecule has 0 aliphatic heterocycles. The van der Waals surface area contributed by atoms with Gasteiger partial charge in [-0.25, -0.2) is 9.97 Å². The first-order valence-electron chi connectivity index (χ1n) is 5.85. The Kier molecular flexibility index (Phi) is 4.28. The second-order valence-electron chi connectivity index (χ2n) is 3.87. The van der Waals surface area contributed by atoms with Crippen molar-refractivity contribution in [3.63, 3.8) is 0 Å². The van der Waals surface area contributed by atoms with Crippen LogP contribution in [0.2, 0.25) is 0 Å². The summed E-state index contributed by atoms with van der Waals surface area (Å²) in [6.07, 6.45) is 2.71. The lowest BCUT2D eigenvalue weighted by Crippen LogP contribution is -2.21. The molecule has 0 fully saturated rings. The van der Waals surface area contributed by atoms with Crippen molar-refractivity contribution in [2.24, 2.45) is 0 Å². The molecule has 5 heteroatoms. The number of nitrogens with zero attached hydrogens (tertiary/aromatic N) is 2. The molecule has 1 N–H and O–H groups in total. The van der Waals surface area contributed by atoms with E-state index in [1.807, 2.05) is 0 Å². The number of hydrogen-bond donors (Lipinski definition) is 1. The average Bonchev–Trinajstić information content (AvgIpc) is 2.72. The summed E-state index contributed by atoms with van der Waals surface area (Å²) in [7, 11) is 0. The van der Waals surface area contributed by atoms with Crippen molar-refractivity contribution in [1.29, 1.82) is 0 Å². The third kappa shape index (κ3) is 2.92. The highest BCUT2D eigenvalue weighted by Gasteiger charge is 2.08. The van der Waals surface area contributed by atoms with Gasteiger partial charge in [0, 0.05) is 6.54 Å². The van der Waals surface area contributed by atoms with Crippen molar-refractivity contribution in [3.05, 3.63) is 17.3 Å².